The standard InChI is InChI=1S/C56H104O6/c1-4-7-10-13-16-19-21-23-24-25-26-27-28-29-30-31-32-34-35-37-40-43-46-49-55(58)61-52-53(51-60-54(57)48-45-42-39-18-15-12-9-6-3)62-56(59)50-47-44-41-38-36-33-22-20-17-14-11-8-5-2/h11,14,20,22,53H,4-10,12-13,15-19,21,23-52H2,1-3H3/b14-11-,22-20-. The minimum Gasteiger partial charge on any atom is -0.462 e. The number of esters is 3. The molecule has 6 heteroatoms. The lowest BCUT2D eigenvalue weighted by Crippen LogP contribution is -2.30. The van der Waals surface area contributed by atoms with Gasteiger partial charge in [-0.25, -0.2) is 0 Å². The first-order chi connectivity index (χ1) is 30.5. The van der Waals surface area contributed by atoms with Crippen LogP contribution in [0.3, 0.4) is 0 Å². The molecule has 0 heterocycles. The largest absolute Gasteiger partial charge is 0.462 e. The lowest BCUT2D eigenvalue weighted by Gasteiger charge is -2.18. The molecule has 364 valence electrons. The summed E-state index contributed by atoms with van der Waals surface area (Å²) >= 11 is 0. The molecule has 0 spiro atoms. The van der Waals surface area contributed by atoms with Gasteiger partial charge in [-0.1, -0.05) is 257 Å². The zero-order valence-electron chi connectivity index (χ0n) is 41.7. The predicted octanol–water partition coefficient (Wildman–Crippen LogP) is 17.9. The third kappa shape index (κ3) is 48.9. The Balaban J connectivity index is 4.14. The van der Waals surface area contributed by atoms with Crippen molar-refractivity contribution in [2.24, 2.45) is 0 Å². The van der Waals surface area contributed by atoms with E-state index in [1.165, 1.54) is 167 Å². The van der Waals surface area contributed by atoms with Gasteiger partial charge in [0.05, 0.1) is 0 Å². The van der Waals surface area contributed by atoms with Crippen LogP contribution in [0.4, 0.5) is 0 Å². The van der Waals surface area contributed by atoms with Gasteiger partial charge in [-0.3, -0.25) is 14.4 Å². The fraction of sp³-hybridized carbons (Fsp3) is 0.875. The summed E-state index contributed by atoms with van der Waals surface area (Å²) in [4.78, 5) is 37.9. The number of unbranched alkanes of at least 4 members (excludes halogenated alkanes) is 35. The number of hydrogen-bond acceptors (Lipinski definition) is 6. The topological polar surface area (TPSA) is 78.9 Å². The zero-order chi connectivity index (χ0) is 45.1. The van der Waals surface area contributed by atoms with E-state index in [2.05, 4.69) is 45.1 Å². The molecule has 0 aromatic carbocycles. The molecular formula is C56H104O6. The second kappa shape index (κ2) is 51.5. The van der Waals surface area contributed by atoms with Crippen LogP contribution in [0.1, 0.15) is 297 Å². The first-order valence-corrected chi connectivity index (χ1v) is 27.3. The van der Waals surface area contributed by atoms with Gasteiger partial charge >= 0.3 is 17.9 Å². The predicted molar refractivity (Wildman–Crippen MR) is 266 cm³/mol. The Morgan fingerprint density at radius 2 is 0.613 bits per heavy atom. The van der Waals surface area contributed by atoms with E-state index in [1.807, 2.05) is 0 Å². The summed E-state index contributed by atoms with van der Waals surface area (Å²) in [5.74, 6) is -0.877. The Morgan fingerprint density at radius 3 is 0.952 bits per heavy atom. The molecule has 0 rings (SSSR count). The number of carbonyl (C=O) groups is 3. The van der Waals surface area contributed by atoms with Gasteiger partial charge in [-0.05, 0) is 44.9 Å². The first-order valence-electron chi connectivity index (χ1n) is 27.3. The molecule has 0 aromatic heterocycles. The fourth-order valence-electron chi connectivity index (χ4n) is 8.07. The Labute approximate surface area is 385 Å². The van der Waals surface area contributed by atoms with Crippen LogP contribution in [0.25, 0.3) is 0 Å². The van der Waals surface area contributed by atoms with Gasteiger partial charge in [-0.15, -0.1) is 0 Å². The smallest absolute Gasteiger partial charge is 0.306 e. The van der Waals surface area contributed by atoms with Crippen LogP contribution in [0.15, 0.2) is 24.3 Å². The summed E-state index contributed by atoms with van der Waals surface area (Å²) in [6.07, 6.45) is 59.0. The SMILES string of the molecule is CCC/C=C\C/C=C\CCCCCCCC(=O)OC(COC(=O)CCCCCCCCCC)COC(=O)CCCCCCCCCCCCCCCCCCCCCCCCC. The van der Waals surface area contributed by atoms with Crippen molar-refractivity contribution in [1.29, 1.82) is 0 Å². The quantitative estimate of drug-likeness (QED) is 0.0262. The van der Waals surface area contributed by atoms with E-state index in [0.717, 1.165) is 89.9 Å². The van der Waals surface area contributed by atoms with Crippen molar-refractivity contribution in [3.63, 3.8) is 0 Å². The van der Waals surface area contributed by atoms with Gasteiger partial charge in [0.25, 0.3) is 0 Å². The van der Waals surface area contributed by atoms with Crippen molar-refractivity contribution >= 4 is 17.9 Å². The Morgan fingerprint density at radius 1 is 0.323 bits per heavy atom. The molecule has 0 amide bonds. The molecule has 6 nitrogen and oxygen atoms in total. The highest BCUT2D eigenvalue weighted by Gasteiger charge is 2.19. The molecule has 0 aliphatic rings. The molecule has 0 radical (unpaired) electrons. The lowest BCUT2D eigenvalue weighted by molar-refractivity contribution is -0.167. The molecule has 0 aromatic rings. The van der Waals surface area contributed by atoms with E-state index in [9.17, 15) is 14.4 Å². The zero-order valence-corrected chi connectivity index (χ0v) is 41.7. The van der Waals surface area contributed by atoms with Gasteiger partial charge in [0, 0.05) is 19.3 Å². The highest BCUT2D eigenvalue weighted by atomic mass is 16.6. The van der Waals surface area contributed by atoms with Crippen molar-refractivity contribution in [3.05, 3.63) is 24.3 Å². The van der Waals surface area contributed by atoms with E-state index in [0.29, 0.717) is 19.3 Å². The first kappa shape index (κ1) is 59.9. The highest BCUT2D eigenvalue weighted by Crippen LogP contribution is 2.17. The molecule has 0 fully saturated rings. The van der Waals surface area contributed by atoms with Crippen LogP contribution in [0, 0.1) is 0 Å². The fourth-order valence-corrected chi connectivity index (χ4v) is 8.07. The molecule has 0 aliphatic carbocycles. The average Bonchev–Trinajstić information content (AvgIpc) is 3.27. The minimum absolute atomic E-state index is 0.0725. The molecule has 0 bridgehead atoms. The van der Waals surface area contributed by atoms with Crippen LogP contribution in [-0.2, 0) is 28.6 Å². The van der Waals surface area contributed by atoms with Crippen LogP contribution >= 0.6 is 0 Å². The summed E-state index contributed by atoms with van der Waals surface area (Å²) < 4.78 is 16.8. The summed E-state index contributed by atoms with van der Waals surface area (Å²) in [7, 11) is 0. The van der Waals surface area contributed by atoms with Crippen molar-refractivity contribution in [2.45, 2.75) is 303 Å². The summed E-state index contributed by atoms with van der Waals surface area (Å²) in [6, 6.07) is 0. The van der Waals surface area contributed by atoms with E-state index >= 15 is 0 Å². The molecule has 0 saturated carbocycles. The number of ether oxygens (including phenoxy) is 3. The number of rotatable bonds is 50. The Bertz CT molecular complexity index is 1000. The van der Waals surface area contributed by atoms with E-state index in [1.54, 1.807) is 0 Å². The molecule has 62 heavy (non-hydrogen) atoms. The van der Waals surface area contributed by atoms with Gasteiger partial charge in [0.2, 0.25) is 0 Å². The molecular weight excluding hydrogens is 769 g/mol. The molecule has 1 unspecified atom stereocenters. The minimum atomic E-state index is -0.771. The van der Waals surface area contributed by atoms with Crippen LogP contribution < -0.4 is 0 Å². The normalized spacial score (nSPS) is 12.1. The van der Waals surface area contributed by atoms with E-state index < -0.39 is 6.10 Å². The monoisotopic (exact) mass is 873 g/mol. The van der Waals surface area contributed by atoms with Gasteiger partial charge in [-0.2, -0.15) is 0 Å². The second-order valence-corrected chi connectivity index (χ2v) is 18.5. The maximum absolute atomic E-state index is 12.7. The number of carbonyl (C=O) groups excluding carboxylic acids is 3. The lowest BCUT2D eigenvalue weighted by atomic mass is 10.0. The van der Waals surface area contributed by atoms with Crippen molar-refractivity contribution in [3.8, 4) is 0 Å². The second-order valence-electron chi connectivity index (χ2n) is 18.5. The average molecular weight is 873 g/mol. The Kier molecular flexibility index (Phi) is 49.8. The van der Waals surface area contributed by atoms with Crippen molar-refractivity contribution in [1.82, 2.24) is 0 Å². The van der Waals surface area contributed by atoms with Gasteiger partial charge in [0.1, 0.15) is 13.2 Å². The van der Waals surface area contributed by atoms with Crippen LogP contribution in [0.2, 0.25) is 0 Å². The third-order valence-corrected chi connectivity index (χ3v) is 12.2. The van der Waals surface area contributed by atoms with E-state index in [4.69, 9.17) is 14.2 Å². The summed E-state index contributed by atoms with van der Waals surface area (Å²) in [5.41, 5.74) is 0. The molecule has 0 N–H and O–H groups in total. The maximum atomic E-state index is 12.7. The Hall–Kier alpha value is -2.11. The van der Waals surface area contributed by atoms with Crippen molar-refractivity contribution < 1.29 is 28.6 Å². The van der Waals surface area contributed by atoms with Gasteiger partial charge in [0.15, 0.2) is 6.10 Å². The van der Waals surface area contributed by atoms with Crippen LogP contribution in [-0.4, -0.2) is 37.2 Å². The molecule has 0 aliphatic heterocycles. The van der Waals surface area contributed by atoms with Crippen molar-refractivity contribution in [2.75, 3.05) is 13.2 Å². The molecule has 0 saturated heterocycles. The van der Waals surface area contributed by atoms with Gasteiger partial charge < -0.3 is 14.2 Å². The maximum Gasteiger partial charge on any atom is 0.306 e. The third-order valence-electron chi connectivity index (χ3n) is 12.2. The summed E-state index contributed by atoms with van der Waals surface area (Å²) in [5, 5.41) is 0. The summed E-state index contributed by atoms with van der Waals surface area (Å²) in [6.45, 7) is 6.57. The number of hydrogen-bond donors (Lipinski definition) is 0. The number of allylic oxidation sites excluding steroid dienone is 4. The van der Waals surface area contributed by atoms with E-state index in [-0.39, 0.29) is 31.1 Å². The van der Waals surface area contributed by atoms with Crippen LogP contribution in [0.5, 0.6) is 0 Å². The molecule has 1 atom stereocenters. The highest BCUT2D eigenvalue weighted by molar-refractivity contribution is 5.71.